The molecule has 0 saturated heterocycles. The smallest absolute Gasteiger partial charge is 0.310 e. The van der Waals surface area contributed by atoms with Crippen LogP contribution in [0.15, 0.2) is 12.2 Å². The number of nitrogens with one attached hydrogen (secondary N) is 2. The highest BCUT2D eigenvalue weighted by Crippen LogP contribution is 2.24. The molecule has 0 aromatic rings. The summed E-state index contributed by atoms with van der Waals surface area (Å²) in [5, 5.41) is 14.4. The Bertz CT molecular complexity index is 441. The molecule has 0 spiro atoms. The third-order valence-electron chi connectivity index (χ3n) is 4.12. The van der Waals surface area contributed by atoms with E-state index in [1.54, 1.807) is 12.2 Å². The summed E-state index contributed by atoms with van der Waals surface area (Å²) in [4.78, 5) is 34.3. The van der Waals surface area contributed by atoms with Crippen molar-refractivity contribution in [3.8, 4) is 0 Å². The Labute approximate surface area is 124 Å². The van der Waals surface area contributed by atoms with Crippen LogP contribution in [-0.2, 0) is 14.4 Å². The number of carbonyl (C=O) groups excluding carboxylic acids is 2. The van der Waals surface area contributed by atoms with Gasteiger partial charge in [-0.3, -0.25) is 14.4 Å². The zero-order chi connectivity index (χ0) is 15.2. The molecule has 6 nitrogen and oxygen atoms in total. The average Bonchev–Trinajstić information content (AvgIpc) is 3.09. The van der Waals surface area contributed by atoms with Crippen molar-refractivity contribution in [1.82, 2.24) is 10.6 Å². The van der Waals surface area contributed by atoms with Gasteiger partial charge in [0.15, 0.2) is 0 Å². The third kappa shape index (κ3) is 4.58. The van der Waals surface area contributed by atoms with Gasteiger partial charge in [0.1, 0.15) is 0 Å². The van der Waals surface area contributed by atoms with Gasteiger partial charge >= 0.3 is 5.97 Å². The molecule has 3 N–H and O–H groups in total. The number of aliphatic carboxylic acids is 1. The summed E-state index contributed by atoms with van der Waals surface area (Å²) in [5.41, 5.74) is 0. The Morgan fingerprint density at radius 2 is 1.86 bits per heavy atom. The van der Waals surface area contributed by atoms with Gasteiger partial charge in [-0.15, -0.1) is 0 Å². The lowest BCUT2D eigenvalue weighted by atomic mass is 10.1. The number of carbonyl (C=O) groups is 3. The van der Waals surface area contributed by atoms with E-state index in [2.05, 4.69) is 10.6 Å². The van der Waals surface area contributed by atoms with Crippen molar-refractivity contribution in [2.75, 3.05) is 6.54 Å². The van der Waals surface area contributed by atoms with E-state index in [0.717, 1.165) is 25.7 Å². The molecule has 1 fully saturated rings. The average molecular weight is 294 g/mol. The van der Waals surface area contributed by atoms with Crippen LogP contribution in [-0.4, -0.2) is 35.5 Å². The third-order valence-corrected chi connectivity index (χ3v) is 4.12. The van der Waals surface area contributed by atoms with E-state index < -0.39 is 11.9 Å². The predicted molar refractivity (Wildman–Crippen MR) is 76.4 cm³/mol. The number of carboxylic acid groups (broad SMARTS) is 1. The largest absolute Gasteiger partial charge is 0.481 e. The fourth-order valence-corrected chi connectivity index (χ4v) is 2.90. The lowest BCUT2D eigenvalue weighted by Crippen LogP contribution is -2.37. The lowest BCUT2D eigenvalue weighted by Gasteiger charge is -2.13. The van der Waals surface area contributed by atoms with Crippen LogP contribution >= 0.6 is 0 Å². The molecule has 2 atom stereocenters. The van der Waals surface area contributed by atoms with Crippen LogP contribution in [0.2, 0.25) is 0 Å². The van der Waals surface area contributed by atoms with E-state index in [4.69, 9.17) is 5.11 Å². The second-order valence-corrected chi connectivity index (χ2v) is 5.76. The summed E-state index contributed by atoms with van der Waals surface area (Å²) in [5.74, 6) is -1.39. The van der Waals surface area contributed by atoms with Crippen molar-refractivity contribution in [2.45, 2.75) is 44.6 Å². The summed E-state index contributed by atoms with van der Waals surface area (Å²) >= 11 is 0. The molecule has 2 aliphatic carbocycles. The molecule has 0 aliphatic heterocycles. The van der Waals surface area contributed by atoms with Crippen molar-refractivity contribution < 1.29 is 19.5 Å². The van der Waals surface area contributed by atoms with Gasteiger partial charge in [0.05, 0.1) is 5.92 Å². The standard InChI is InChI=1S/C15H22N2O4/c18-13(17-12-6-5-11(9-12)15(20)21)7-8-16-14(19)10-3-1-2-4-10/h5-6,10-12H,1-4,7-9H2,(H,16,19)(H,17,18)(H,20,21). The van der Waals surface area contributed by atoms with Crippen LogP contribution in [0.4, 0.5) is 0 Å². The Morgan fingerprint density at radius 1 is 1.14 bits per heavy atom. The highest BCUT2D eigenvalue weighted by Gasteiger charge is 2.25. The fraction of sp³-hybridized carbons (Fsp3) is 0.667. The summed E-state index contributed by atoms with van der Waals surface area (Å²) < 4.78 is 0. The Kier molecular flexibility index (Phi) is 5.36. The van der Waals surface area contributed by atoms with Crippen LogP contribution in [0, 0.1) is 11.8 Å². The minimum atomic E-state index is -0.869. The molecule has 0 aromatic heterocycles. The molecule has 0 aromatic carbocycles. The monoisotopic (exact) mass is 294 g/mol. The molecule has 2 amide bonds. The first-order valence-corrected chi connectivity index (χ1v) is 7.54. The Morgan fingerprint density at radius 3 is 2.48 bits per heavy atom. The van der Waals surface area contributed by atoms with Crippen molar-refractivity contribution in [3.05, 3.63) is 12.2 Å². The van der Waals surface area contributed by atoms with E-state index >= 15 is 0 Å². The van der Waals surface area contributed by atoms with Gasteiger partial charge in [-0.05, 0) is 19.3 Å². The van der Waals surface area contributed by atoms with E-state index in [1.807, 2.05) is 0 Å². The molecule has 2 unspecified atom stereocenters. The number of hydrogen-bond donors (Lipinski definition) is 3. The summed E-state index contributed by atoms with van der Waals surface area (Å²) in [6, 6.07) is -0.218. The summed E-state index contributed by atoms with van der Waals surface area (Å²) in [6.07, 6.45) is 8.05. The molecule has 116 valence electrons. The van der Waals surface area contributed by atoms with Crippen molar-refractivity contribution in [2.24, 2.45) is 11.8 Å². The number of carboxylic acids is 1. The molecule has 0 heterocycles. The zero-order valence-electron chi connectivity index (χ0n) is 12.0. The van der Waals surface area contributed by atoms with E-state index in [9.17, 15) is 14.4 Å². The molecule has 2 rings (SSSR count). The van der Waals surface area contributed by atoms with E-state index in [0.29, 0.717) is 13.0 Å². The highest BCUT2D eigenvalue weighted by atomic mass is 16.4. The van der Waals surface area contributed by atoms with Crippen LogP contribution in [0.25, 0.3) is 0 Å². The van der Waals surface area contributed by atoms with Gasteiger partial charge in [-0.1, -0.05) is 25.0 Å². The number of amides is 2. The topological polar surface area (TPSA) is 95.5 Å². The first-order chi connectivity index (χ1) is 10.1. The van der Waals surface area contributed by atoms with Crippen molar-refractivity contribution >= 4 is 17.8 Å². The first-order valence-electron chi connectivity index (χ1n) is 7.54. The predicted octanol–water partition coefficient (Wildman–Crippen LogP) is 0.828. The highest BCUT2D eigenvalue weighted by molar-refractivity contribution is 5.81. The molecular formula is C15H22N2O4. The van der Waals surface area contributed by atoms with Gasteiger partial charge in [-0.25, -0.2) is 0 Å². The lowest BCUT2D eigenvalue weighted by molar-refractivity contribution is -0.140. The second kappa shape index (κ2) is 7.24. The summed E-state index contributed by atoms with van der Waals surface area (Å²) in [7, 11) is 0. The Balaban J connectivity index is 1.61. The van der Waals surface area contributed by atoms with Gasteiger partial charge in [0, 0.05) is 24.9 Å². The minimum Gasteiger partial charge on any atom is -0.481 e. The number of hydrogen-bond acceptors (Lipinski definition) is 3. The summed E-state index contributed by atoms with van der Waals surface area (Å²) in [6.45, 7) is 0.333. The fourth-order valence-electron chi connectivity index (χ4n) is 2.90. The van der Waals surface area contributed by atoms with Gasteiger partial charge in [0.2, 0.25) is 11.8 Å². The van der Waals surface area contributed by atoms with Gasteiger partial charge < -0.3 is 15.7 Å². The van der Waals surface area contributed by atoms with Crippen LogP contribution < -0.4 is 10.6 Å². The normalized spacial score (nSPS) is 25.0. The molecule has 21 heavy (non-hydrogen) atoms. The van der Waals surface area contributed by atoms with Crippen LogP contribution in [0.1, 0.15) is 38.5 Å². The SMILES string of the molecule is O=C(CCNC(=O)C1CCCC1)NC1C=CC(C(=O)O)C1. The molecule has 2 aliphatic rings. The Hall–Kier alpha value is -1.85. The molecule has 0 bridgehead atoms. The minimum absolute atomic E-state index is 0.0482. The number of rotatable bonds is 6. The van der Waals surface area contributed by atoms with E-state index in [-0.39, 0.29) is 30.2 Å². The van der Waals surface area contributed by atoms with Crippen LogP contribution in [0.3, 0.4) is 0 Å². The van der Waals surface area contributed by atoms with E-state index in [1.165, 1.54) is 0 Å². The van der Waals surface area contributed by atoms with Crippen LogP contribution in [0.5, 0.6) is 0 Å². The maximum Gasteiger partial charge on any atom is 0.310 e. The first kappa shape index (κ1) is 15.5. The quantitative estimate of drug-likeness (QED) is 0.632. The molecule has 1 saturated carbocycles. The van der Waals surface area contributed by atoms with Crippen molar-refractivity contribution in [3.63, 3.8) is 0 Å². The molecular weight excluding hydrogens is 272 g/mol. The van der Waals surface area contributed by atoms with Gasteiger partial charge in [-0.2, -0.15) is 0 Å². The van der Waals surface area contributed by atoms with Crippen molar-refractivity contribution in [1.29, 1.82) is 0 Å². The molecule has 0 radical (unpaired) electrons. The molecule has 6 heteroatoms. The maximum atomic E-state index is 11.8. The second-order valence-electron chi connectivity index (χ2n) is 5.76. The zero-order valence-corrected chi connectivity index (χ0v) is 12.0. The maximum absolute atomic E-state index is 11.8. The van der Waals surface area contributed by atoms with Gasteiger partial charge in [0.25, 0.3) is 0 Å².